The van der Waals surface area contributed by atoms with Crippen LogP contribution in [0.4, 0.5) is 5.82 Å². The van der Waals surface area contributed by atoms with E-state index in [2.05, 4.69) is 41.1 Å². The number of nitrogens with zero attached hydrogens (tertiary/aromatic N) is 3. The van der Waals surface area contributed by atoms with Crippen LogP contribution < -0.4 is 11.3 Å². The summed E-state index contributed by atoms with van der Waals surface area (Å²) in [5, 5.41) is 0. The maximum absolute atomic E-state index is 5.47. The molecule has 0 unspecified atom stereocenters. The number of hydrogen-bond acceptors (Lipinski definition) is 5. The summed E-state index contributed by atoms with van der Waals surface area (Å²) in [7, 11) is 0. The number of hydrazine groups is 1. The number of nitrogens with one attached hydrogen (secondary N) is 1. The van der Waals surface area contributed by atoms with Crippen LogP contribution in [0.2, 0.25) is 0 Å². The van der Waals surface area contributed by atoms with Gasteiger partial charge in [-0.15, -0.1) is 0 Å². The Hall–Kier alpha value is -2.01. The molecule has 2 aromatic heterocycles. The van der Waals surface area contributed by atoms with Crippen LogP contribution in [0.1, 0.15) is 37.9 Å². The van der Waals surface area contributed by atoms with Crippen LogP contribution in [0.5, 0.6) is 0 Å². The predicted octanol–water partition coefficient (Wildman–Crippen LogP) is 2.05. The van der Waals surface area contributed by atoms with Gasteiger partial charge in [-0.2, -0.15) is 0 Å². The highest BCUT2D eigenvalue weighted by atomic mass is 15.3. The van der Waals surface area contributed by atoms with E-state index in [1.165, 1.54) is 0 Å². The van der Waals surface area contributed by atoms with Crippen molar-refractivity contribution >= 4 is 5.82 Å². The second kappa shape index (κ2) is 5.32. The minimum atomic E-state index is -0.0401. The zero-order chi connectivity index (χ0) is 13.9. The molecular weight excluding hydrogens is 238 g/mol. The Kier molecular flexibility index (Phi) is 3.76. The van der Waals surface area contributed by atoms with Crippen molar-refractivity contribution in [2.75, 3.05) is 5.43 Å². The smallest absolute Gasteiger partial charge is 0.143 e. The second-order valence-electron chi connectivity index (χ2n) is 5.48. The molecule has 0 fully saturated rings. The molecule has 0 atom stereocenters. The molecule has 2 rings (SSSR count). The summed E-state index contributed by atoms with van der Waals surface area (Å²) in [6.45, 7) is 6.35. The Morgan fingerprint density at radius 3 is 2.42 bits per heavy atom. The van der Waals surface area contributed by atoms with Crippen molar-refractivity contribution in [1.29, 1.82) is 0 Å². The normalized spacial score (nSPS) is 11.4. The first-order valence-electron chi connectivity index (χ1n) is 6.23. The van der Waals surface area contributed by atoms with E-state index in [-0.39, 0.29) is 5.41 Å². The molecule has 0 amide bonds. The first kappa shape index (κ1) is 13.4. The van der Waals surface area contributed by atoms with Gasteiger partial charge in [-0.05, 0) is 17.7 Å². The molecule has 3 N–H and O–H groups in total. The average Bonchev–Trinajstić information content (AvgIpc) is 2.38. The molecule has 2 aromatic rings. The molecule has 0 aliphatic heterocycles. The number of anilines is 1. The summed E-state index contributed by atoms with van der Waals surface area (Å²) in [6, 6.07) is 5.81. The topological polar surface area (TPSA) is 76.7 Å². The van der Waals surface area contributed by atoms with Gasteiger partial charge in [0.15, 0.2) is 0 Å². The van der Waals surface area contributed by atoms with Gasteiger partial charge in [-0.1, -0.05) is 20.8 Å². The summed E-state index contributed by atoms with van der Waals surface area (Å²) in [5.41, 5.74) is 4.66. The summed E-state index contributed by atoms with van der Waals surface area (Å²) < 4.78 is 0. The molecule has 0 aliphatic carbocycles. The largest absolute Gasteiger partial charge is 0.308 e. The van der Waals surface area contributed by atoms with Gasteiger partial charge >= 0.3 is 0 Å². The SMILES string of the molecule is CC(C)(C)c1cc(NN)nc(Cc2ccncc2)n1. The molecule has 100 valence electrons. The van der Waals surface area contributed by atoms with Crippen molar-refractivity contribution in [3.8, 4) is 0 Å². The molecule has 2 heterocycles. The molecular formula is C14H19N5. The Balaban J connectivity index is 2.35. The fourth-order valence-electron chi connectivity index (χ4n) is 1.72. The highest BCUT2D eigenvalue weighted by molar-refractivity contribution is 5.37. The summed E-state index contributed by atoms with van der Waals surface area (Å²) in [4.78, 5) is 13.0. The molecule has 0 saturated heterocycles. The molecule has 0 saturated carbocycles. The molecule has 19 heavy (non-hydrogen) atoms. The van der Waals surface area contributed by atoms with Crippen LogP contribution in [0, 0.1) is 0 Å². The van der Waals surface area contributed by atoms with Crippen LogP contribution in [-0.2, 0) is 11.8 Å². The van der Waals surface area contributed by atoms with E-state index >= 15 is 0 Å². The van der Waals surface area contributed by atoms with Crippen molar-refractivity contribution in [2.24, 2.45) is 5.84 Å². The Morgan fingerprint density at radius 1 is 1.16 bits per heavy atom. The van der Waals surface area contributed by atoms with E-state index in [1.807, 2.05) is 18.2 Å². The van der Waals surface area contributed by atoms with Gasteiger partial charge in [0.25, 0.3) is 0 Å². The standard InChI is InChI=1S/C14H19N5/c1-14(2,3)11-9-13(19-15)18-12(17-11)8-10-4-6-16-7-5-10/h4-7,9H,8,15H2,1-3H3,(H,17,18,19). The lowest BCUT2D eigenvalue weighted by atomic mass is 9.92. The zero-order valence-electron chi connectivity index (χ0n) is 11.5. The highest BCUT2D eigenvalue weighted by Gasteiger charge is 2.17. The number of nitrogens with two attached hydrogens (primary N) is 1. The third-order valence-corrected chi connectivity index (χ3v) is 2.80. The van der Waals surface area contributed by atoms with Crippen LogP contribution in [-0.4, -0.2) is 15.0 Å². The van der Waals surface area contributed by atoms with E-state index in [1.54, 1.807) is 12.4 Å². The van der Waals surface area contributed by atoms with Gasteiger partial charge < -0.3 is 5.43 Å². The molecule has 0 bridgehead atoms. The van der Waals surface area contributed by atoms with Crippen LogP contribution in [0.15, 0.2) is 30.6 Å². The van der Waals surface area contributed by atoms with E-state index in [0.717, 1.165) is 17.1 Å². The molecule has 0 aromatic carbocycles. The third-order valence-electron chi connectivity index (χ3n) is 2.80. The van der Waals surface area contributed by atoms with Gasteiger partial charge in [-0.3, -0.25) is 4.98 Å². The van der Waals surface area contributed by atoms with E-state index < -0.39 is 0 Å². The molecule has 0 radical (unpaired) electrons. The van der Waals surface area contributed by atoms with Crippen LogP contribution in [0.3, 0.4) is 0 Å². The minimum Gasteiger partial charge on any atom is -0.308 e. The van der Waals surface area contributed by atoms with E-state index in [0.29, 0.717) is 12.2 Å². The molecule has 5 nitrogen and oxygen atoms in total. The zero-order valence-corrected chi connectivity index (χ0v) is 11.5. The Bertz CT molecular complexity index is 546. The fourth-order valence-corrected chi connectivity index (χ4v) is 1.72. The Labute approximate surface area is 113 Å². The number of hydrogen-bond donors (Lipinski definition) is 2. The molecule has 5 heteroatoms. The molecule has 0 spiro atoms. The average molecular weight is 257 g/mol. The lowest BCUT2D eigenvalue weighted by molar-refractivity contribution is 0.563. The maximum atomic E-state index is 5.47. The predicted molar refractivity (Wildman–Crippen MR) is 75.6 cm³/mol. The van der Waals surface area contributed by atoms with Crippen molar-refractivity contribution in [3.63, 3.8) is 0 Å². The van der Waals surface area contributed by atoms with E-state index in [4.69, 9.17) is 5.84 Å². The van der Waals surface area contributed by atoms with Crippen LogP contribution >= 0.6 is 0 Å². The van der Waals surface area contributed by atoms with Crippen molar-refractivity contribution in [3.05, 3.63) is 47.7 Å². The molecule has 0 aliphatic rings. The Morgan fingerprint density at radius 2 is 1.84 bits per heavy atom. The van der Waals surface area contributed by atoms with Crippen molar-refractivity contribution in [1.82, 2.24) is 15.0 Å². The number of rotatable bonds is 3. The summed E-state index contributed by atoms with van der Waals surface area (Å²) >= 11 is 0. The monoisotopic (exact) mass is 257 g/mol. The number of nitrogen functional groups attached to an aromatic ring is 1. The fraction of sp³-hybridized carbons (Fsp3) is 0.357. The first-order chi connectivity index (χ1) is 8.99. The second-order valence-corrected chi connectivity index (χ2v) is 5.48. The van der Waals surface area contributed by atoms with Crippen molar-refractivity contribution in [2.45, 2.75) is 32.6 Å². The quantitative estimate of drug-likeness (QED) is 0.650. The van der Waals surface area contributed by atoms with Gasteiger partial charge in [0.05, 0.1) is 5.69 Å². The lowest BCUT2D eigenvalue weighted by Gasteiger charge is -2.19. The van der Waals surface area contributed by atoms with Gasteiger partial charge in [0.2, 0.25) is 0 Å². The number of aromatic nitrogens is 3. The first-order valence-corrected chi connectivity index (χ1v) is 6.23. The number of pyridine rings is 1. The van der Waals surface area contributed by atoms with Gasteiger partial charge in [0, 0.05) is 30.3 Å². The van der Waals surface area contributed by atoms with Gasteiger partial charge in [0.1, 0.15) is 11.6 Å². The maximum Gasteiger partial charge on any atom is 0.143 e. The van der Waals surface area contributed by atoms with E-state index in [9.17, 15) is 0 Å². The highest BCUT2D eigenvalue weighted by Crippen LogP contribution is 2.22. The third kappa shape index (κ3) is 3.48. The lowest BCUT2D eigenvalue weighted by Crippen LogP contribution is -2.18. The van der Waals surface area contributed by atoms with Gasteiger partial charge in [-0.25, -0.2) is 15.8 Å². The summed E-state index contributed by atoms with van der Waals surface area (Å²) in [5.74, 6) is 6.87. The summed E-state index contributed by atoms with van der Waals surface area (Å²) in [6.07, 6.45) is 4.21. The minimum absolute atomic E-state index is 0.0401. The van der Waals surface area contributed by atoms with Crippen LogP contribution in [0.25, 0.3) is 0 Å². The van der Waals surface area contributed by atoms with Crippen molar-refractivity contribution < 1.29 is 0 Å².